The number of benzene rings is 2. The number of ether oxygens (including phenoxy) is 1. The fourth-order valence-electron chi connectivity index (χ4n) is 2.00. The van der Waals surface area contributed by atoms with Crippen molar-refractivity contribution in [2.45, 2.75) is 30.1 Å². The van der Waals surface area contributed by atoms with Crippen LogP contribution in [0.1, 0.15) is 19.4 Å². The minimum absolute atomic E-state index is 0.239. The van der Waals surface area contributed by atoms with Gasteiger partial charge in [-0.15, -0.1) is 11.8 Å². The van der Waals surface area contributed by atoms with Gasteiger partial charge in [0.15, 0.2) is 6.10 Å². The lowest BCUT2D eigenvalue weighted by molar-refractivity contribution is -0.152. The lowest BCUT2D eigenvalue weighted by Gasteiger charge is -2.16. The first-order valence-corrected chi connectivity index (χ1v) is 9.09. The molecule has 0 bridgehead atoms. The summed E-state index contributed by atoms with van der Waals surface area (Å²) in [5.74, 6) is -0.949. The van der Waals surface area contributed by atoms with E-state index in [0.717, 1.165) is 4.90 Å². The maximum atomic E-state index is 12.2. The molecule has 5 nitrogen and oxygen atoms in total. The van der Waals surface area contributed by atoms with Gasteiger partial charge in [-0.05, 0) is 44.2 Å². The molecule has 2 atom stereocenters. The molecule has 0 saturated heterocycles. The van der Waals surface area contributed by atoms with Crippen molar-refractivity contribution in [3.05, 3.63) is 59.1 Å². The smallest absolute Gasteiger partial charge is 0.319 e. The molecule has 0 fully saturated rings. The van der Waals surface area contributed by atoms with Gasteiger partial charge in [0, 0.05) is 10.6 Å². The Morgan fingerprint density at radius 2 is 1.88 bits per heavy atom. The van der Waals surface area contributed by atoms with Crippen molar-refractivity contribution in [1.82, 2.24) is 0 Å². The van der Waals surface area contributed by atoms with E-state index in [-0.39, 0.29) is 5.02 Å². The Bertz CT molecular complexity index is 836. The molecule has 0 aliphatic heterocycles. The summed E-state index contributed by atoms with van der Waals surface area (Å²) in [5.41, 5.74) is 0.740. The number of amides is 1. The van der Waals surface area contributed by atoms with Gasteiger partial charge in [0.2, 0.25) is 0 Å². The zero-order valence-corrected chi connectivity index (χ0v) is 15.8. The molecule has 0 unspecified atom stereocenters. The molecular weight excluding hydrogens is 372 g/mol. The van der Waals surface area contributed by atoms with Crippen LogP contribution in [0.3, 0.4) is 0 Å². The standard InChI is InChI=1S/C19H17ClN2O3S/c1-12(18(23)22-15-9-8-14(11-21)17(20)10-15)25-19(24)13(2)26-16-6-4-3-5-7-16/h3-10,12-13H,1-2H3,(H,22,23)/t12-,13+/m1/s1. The van der Waals surface area contributed by atoms with Crippen LogP contribution >= 0.6 is 23.4 Å². The maximum Gasteiger partial charge on any atom is 0.319 e. The lowest BCUT2D eigenvalue weighted by atomic mass is 10.2. The van der Waals surface area contributed by atoms with E-state index in [4.69, 9.17) is 21.6 Å². The van der Waals surface area contributed by atoms with Crippen molar-refractivity contribution in [1.29, 1.82) is 5.26 Å². The van der Waals surface area contributed by atoms with Gasteiger partial charge in [0.05, 0.1) is 10.6 Å². The Morgan fingerprint density at radius 3 is 2.50 bits per heavy atom. The summed E-state index contributed by atoms with van der Waals surface area (Å²) in [6.45, 7) is 3.23. The molecule has 0 aliphatic rings. The fraction of sp³-hybridized carbons (Fsp3) is 0.211. The third-order valence-corrected chi connectivity index (χ3v) is 4.81. The van der Waals surface area contributed by atoms with E-state index in [9.17, 15) is 9.59 Å². The summed E-state index contributed by atoms with van der Waals surface area (Å²) in [6.07, 6.45) is -0.962. The van der Waals surface area contributed by atoms with Gasteiger partial charge in [-0.2, -0.15) is 5.26 Å². The first-order valence-electron chi connectivity index (χ1n) is 7.83. The topological polar surface area (TPSA) is 79.2 Å². The van der Waals surface area contributed by atoms with Gasteiger partial charge in [0.1, 0.15) is 11.3 Å². The number of nitriles is 1. The van der Waals surface area contributed by atoms with Crippen molar-refractivity contribution < 1.29 is 14.3 Å². The van der Waals surface area contributed by atoms with Crippen LogP contribution in [0.25, 0.3) is 0 Å². The first-order chi connectivity index (χ1) is 12.4. The summed E-state index contributed by atoms with van der Waals surface area (Å²) in [5, 5.41) is 11.3. The Kier molecular flexibility index (Phi) is 7.07. The van der Waals surface area contributed by atoms with Gasteiger partial charge in [-0.25, -0.2) is 0 Å². The number of thioether (sulfide) groups is 1. The number of hydrogen-bond donors (Lipinski definition) is 1. The Hall–Kier alpha value is -2.49. The highest BCUT2D eigenvalue weighted by Crippen LogP contribution is 2.24. The third-order valence-electron chi connectivity index (χ3n) is 3.41. The van der Waals surface area contributed by atoms with Crippen molar-refractivity contribution in [2.75, 3.05) is 5.32 Å². The molecule has 0 spiro atoms. The molecule has 0 saturated carbocycles. The van der Waals surface area contributed by atoms with Crippen LogP contribution in [0.2, 0.25) is 5.02 Å². The van der Waals surface area contributed by atoms with E-state index in [1.807, 2.05) is 36.4 Å². The van der Waals surface area contributed by atoms with Crippen LogP contribution in [-0.2, 0) is 14.3 Å². The molecule has 1 N–H and O–H groups in total. The molecule has 0 radical (unpaired) electrons. The molecule has 2 rings (SSSR count). The quantitative estimate of drug-likeness (QED) is 0.590. The number of nitrogens with one attached hydrogen (secondary N) is 1. The average molecular weight is 389 g/mol. The van der Waals surface area contributed by atoms with Gasteiger partial charge in [-0.1, -0.05) is 29.8 Å². The van der Waals surface area contributed by atoms with Crippen molar-refractivity contribution >= 4 is 40.9 Å². The summed E-state index contributed by atoms with van der Waals surface area (Å²) in [4.78, 5) is 25.3. The van der Waals surface area contributed by atoms with Gasteiger partial charge in [0.25, 0.3) is 5.91 Å². The minimum Gasteiger partial charge on any atom is -0.452 e. The minimum atomic E-state index is -0.962. The molecule has 2 aromatic carbocycles. The van der Waals surface area contributed by atoms with Gasteiger partial charge in [-0.3, -0.25) is 9.59 Å². The molecule has 0 heterocycles. The molecule has 0 aromatic heterocycles. The molecule has 134 valence electrons. The number of hydrogen-bond acceptors (Lipinski definition) is 5. The Morgan fingerprint density at radius 1 is 1.19 bits per heavy atom. The van der Waals surface area contributed by atoms with Crippen molar-refractivity contribution in [2.24, 2.45) is 0 Å². The van der Waals surface area contributed by atoms with E-state index in [1.165, 1.54) is 30.8 Å². The summed E-state index contributed by atoms with van der Waals surface area (Å²) in [6, 6.07) is 16.0. The van der Waals surface area contributed by atoms with Crippen LogP contribution in [-0.4, -0.2) is 23.2 Å². The average Bonchev–Trinajstić information content (AvgIpc) is 2.62. The molecule has 0 aliphatic carbocycles. The number of carbonyl (C=O) groups is 2. The zero-order valence-electron chi connectivity index (χ0n) is 14.2. The number of nitrogens with zero attached hydrogens (tertiary/aromatic N) is 1. The fourth-order valence-corrected chi connectivity index (χ4v) is 3.10. The highest BCUT2D eigenvalue weighted by Gasteiger charge is 2.23. The SMILES string of the molecule is C[C@H](Sc1ccccc1)C(=O)O[C@H](C)C(=O)Nc1ccc(C#N)c(Cl)c1. The lowest BCUT2D eigenvalue weighted by Crippen LogP contribution is -2.32. The van der Waals surface area contributed by atoms with Crippen molar-refractivity contribution in [3.8, 4) is 6.07 Å². The number of carbonyl (C=O) groups excluding carboxylic acids is 2. The normalized spacial score (nSPS) is 12.5. The number of halogens is 1. The summed E-state index contributed by atoms with van der Waals surface area (Å²) >= 11 is 7.29. The molecule has 1 amide bonds. The highest BCUT2D eigenvalue weighted by atomic mass is 35.5. The summed E-state index contributed by atoms with van der Waals surface area (Å²) < 4.78 is 5.24. The van der Waals surface area contributed by atoms with E-state index in [2.05, 4.69) is 5.32 Å². The zero-order chi connectivity index (χ0) is 19.1. The second-order valence-electron chi connectivity index (χ2n) is 5.45. The first kappa shape index (κ1) is 19.8. The van der Waals surface area contributed by atoms with Crippen molar-refractivity contribution in [3.63, 3.8) is 0 Å². The molecular formula is C19H17ClN2O3S. The van der Waals surface area contributed by atoms with Crippen LogP contribution < -0.4 is 5.32 Å². The van der Waals surface area contributed by atoms with Gasteiger partial charge < -0.3 is 10.1 Å². The van der Waals surface area contributed by atoms with E-state index >= 15 is 0 Å². The third kappa shape index (κ3) is 5.51. The predicted molar refractivity (Wildman–Crippen MR) is 102 cm³/mol. The second-order valence-corrected chi connectivity index (χ2v) is 7.27. The summed E-state index contributed by atoms with van der Waals surface area (Å²) in [7, 11) is 0. The van der Waals surface area contributed by atoms with Crippen LogP contribution in [0, 0.1) is 11.3 Å². The number of anilines is 1. The van der Waals surface area contributed by atoms with Crippen LogP contribution in [0.5, 0.6) is 0 Å². The Balaban J connectivity index is 1.90. The largest absolute Gasteiger partial charge is 0.452 e. The second kappa shape index (κ2) is 9.27. The van der Waals surface area contributed by atoms with E-state index in [1.54, 1.807) is 13.0 Å². The Labute approximate surface area is 161 Å². The van der Waals surface area contributed by atoms with Crippen LogP contribution in [0.15, 0.2) is 53.4 Å². The van der Waals surface area contributed by atoms with E-state index < -0.39 is 23.2 Å². The maximum absolute atomic E-state index is 12.2. The van der Waals surface area contributed by atoms with Gasteiger partial charge >= 0.3 is 5.97 Å². The molecule has 7 heteroatoms. The van der Waals surface area contributed by atoms with Crippen LogP contribution in [0.4, 0.5) is 5.69 Å². The predicted octanol–water partition coefficient (Wildman–Crippen LogP) is 4.26. The molecule has 2 aromatic rings. The molecule has 26 heavy (non-hydrogen) atoms. The van der Waals surface area contributed by atoms with E-state index in [0.29, 0.717) is 11.3 Å². The monoisotopic (exact) mass is 388 g/mol. The number of esters is 1. The number of rotatable bonds is 6. The highest BCUT2D eigenvalue weighted by molar-refractivity contribution is 8.00.